The lowest BCUT2D eigenvalue weighted by atomic mass is 9.83. The van der Waals surface area contributed by atoms with Gasteiger partial charge in [0.2, 0.25) is 0 Å². The fourth-order valence-corrected chi connectivity index (χ4v) is 3.37. The number of carbonyl (C=O) groups is 2. The molecule has 1 spiro atoms. The van der Waals surface area contributed by atoms with Gasteiger partial charge in [-0.05, 0) is 43.0 Å². The van der Waals surface area contributed by atoms with E-state index in [1.54, 1.807) is 24.4 Å². The summed E-state index contributed by atoms with van der Waals surface area (Å²) in [6.07, 6.45) is 12.4. The Kier molecular flexibility index (Phi) is 6.12. The highest BCUT2D eigenvalue weighted by Gasteiger charge is 2.47. The summed E-state index contributed by atoms with van der Waals surface area (Å²) in [6.45, 7) is 2.15. The Morgan fingerprint density at radius 2 is 1.70 bits per heavy atom. The maximum Gasteiger partial charge on any atom is 0.348 e. The number of anilines is 1. The number of carbonyl (C=O) groups excluding carboxylic acids is 2. The predicted molar refractivity (Wildman–Crippen MR) is 104 cm³/mol. The van der Waals surface area contributed by atoms with E-state index in [1.165, 1.54) is 6.08 Å². The molecule has 2 aliphatic rings. The number of hydrogen-bond donors (Lipinski definition) is 1. The molecule has 27 heavy (non-hydrogen) atoms. The van der Waals surface area contributed by atoms with E-state index in [9.17, 15) is 9.59 Å². The largest absolute Gasteiger partial charge is 0.419 e. The van der Waals surface area contributed by atoms with Gasteiger partial charge in [-0.1, -0.05) is 43.7 Å². The molecule has 1 aliphatic carbocycles. The molecular formula is C22H25NO4. The number of ether oxygens (including phenoxy) is 2. The van der Waals surface area contributed by atoms with Crippen LogP contribution in [0.1, 0.15) is 39.0 Å². The Bertz CT molecular complexity index is 734. The van der Waals surface area contributed by atoms with Crippen LogP contribution in [0.3, 0.4) is 0 Å². The van der Waals surface area contributed by atoms with Crippen LogP contribution in [0.25, 0.3) is 0 Å². The van der Waals surface area contributed by atoms with Crippen molar-refractivity contribution < 1.29 is 19.1 Å². The lowest BCUT2D eigenvalue weighted by Gasteiger charge is -2.40. The number of para-hydroxylation sites is 1. The fraction of sp³-hybridized carbons (Fsp3) is 0.364. The van der Waals surface area contributed by atoms with E-state index >= 15 is 0 Å². The topological polar surface area (TPSA) is 64.6 Å². The molecule has 1 saturated heterocycles. The molecule has 142 valence electrons. The maximum absolute atomic E-state index is 12.3. The smallest absolute Gasteiger partial charge is 0.348 e. The third-order valence-electron chi connectivity index (χ3n) is 5.05. The van der Waals surface area contributed by atoms with Crippen molar-refractivity contribution in [3.63, 3.8) is 0 Å². The third-order valence-corrected chi connectivity index (χ3v) is 5.05. The van der Waals surface area contributed by atoms with Crippen LogP contribution in [0.5, 0.6) is 0 Å². The summed E-state index contributed by atoms with van der Waals surface area (Å²) >= 11 is 0. The van der Waals surface area contributed by atoms with Gasteiger partial charge in [-0.25, -0.2) is 9.59 Å². The van der Waals surface area contributed by atoms with Crippen LogP contribution in [-0.2, 0) is 19.1 Å². The molecule has 2 fully saturated rings. The number of benzene rings is 1. The molecule has 1 heterocycles. The zero-order chi connectivity index (χ0) is 19.1. The third kappa shape index (κ3) is 4.88. The summed E-state index contributed by atoms with van der Waals surface area (Å²) in [5.41, 5.74) is 0.905. The molecule has 0 bridgehead atoms. The Morgan fingerprint density at radius 1 is 1.04 bits per heavy atom. The summed E-state index contributed by atoms with van der Waals surface area (Å²) in [6, 6.07) is 9.74. The first-order valence-corrected chi connectivity index (χ1v) is 9.44. The molecule has 0 amide bonds. The van der Waals surface area contributed by atoms with Gasteiger partial charge in [-0.2, -0.15) is 0 Å². The van der Waals surface area contributed by atoms with Crippen LogP contribution in [0.4, 0.5) is 5.69 Å². The Balaban J connectivity index is 1.54. The molecule has 1 aromatic rings. The van der Waals surface area contributed by atoms with Crippen LogP contribution in [0.2, 0.25) is 0 Å². The van der Waals surface area contributed by atoms with Crippen molar-refractivity contribution in [1.29, 1.82) is 0 Å². The van der Waals surface area contributed by atoms with Gasteiger partial charge in [0.15, 0.2) is 0 Å². The minimum absolute atomic E-state index is 0.0705. The highest BCUT2D eigenvalue weighted by atomic mass is 16.7. The molecule has 1 saturated carbocycles. The van der Waals surface area contributed by atoms with E-state index in [2.05, 4.69) is 12.2 Å². The maximum atomic E-state index is 12.3. The number of nitrogens with one attached hydrogen (secondary N) is 1. The quantitative estimate of drug-likeness (QED) is 0.359. The lowest BCUT2D eigenvalue weighted by Crippen LogP contribution is -2.48. The van der Waals surface area contributed by atoms with Gasteiger partial charge in [0.25, 0.3) is 5.79 Å². The van der Waals surface area contributed by atoms with Gasteiger partial charge in [-0.15, -0.1) is 0 Å². The standard InChI is InChI=1S/C22H25NO4/c1-2-17-12-14-22(15-13-17)26-20(24)19(21(25)27-22)11-7-4-8-16-23-18-9-5-3-6-10-18/h3-11,16-17,23H,2,12-15H2,1H3/b7-4+,16-8+,19-11?. The van der Waals surface area contributed by atoms with Crippen molar-refractivity contribution in [2.24, 2.45) is 5.92 Å². The van der Waals surface area contributed by atoms with Crippen molar-refractivity contribution in [2.75, 3.05) is 5.32 Å². The minimum atomic E-state index is -1.06. The summed E-state index contributed by atoms with van der Waals surface area (Å²) in [4.78, 5) is 24.6. The molecule has 0 aromatic heterocycles. The number of hydrogen-bond acceptors (Lipinski definition) is 5. The zero-order valence-electron chi connectivity index (χ0n) is 15.5. The molecule has 0 unspecified atom stereocenters. The first kappa shape index (κ1) is 19.0. The van der Waals surface area contributed by atoms with Gasteiger partial charge in [0.05, 0.1) is 0 Å². The first-order valence-electron chi connectivity index (χ1n) is 9.44. The van der Waals surface area contributed by atoms with Crippen LogP contribution in [-0.4, -0.2) is 17.7 Å². The van der Waals surface area contributed by atoms with Gasteiger partial charge < -0.3 is 14.8 Å². The molecule has 1 aliphatic heterocycles. The van der Waals surface area contributed by atoms with E-state index in [1.807, 2.05) is 30.3 Å². The molecule has 0 atom stereocenters. The van der Waals surface area contributed by atoms with E-state index in [0.717, 1.165) is 24.9 Å². The van der Waals surface area contributed by atoms with Gasteiger partial charge >= 0.3 is 11.9 Å². The van der Waals surface area contributed by atoms with E-state index in [-0.39, 0.29) is 5.57 Å². The second-order valence-corrected chi connectivity index (χ2v) is 6.88. The van der Waals surface area contributed by atoms with Gasteiger partial charge in [0, 0.05) is 24.7 Å². The van der Waals surface area contributed by atoms with Crippen molar-refractivity contribution in [3.8, 4) is 0 Å². The Labute approximate surface area is 159 Å². The number of allylic oxidation sites excluding steroid dienone is 4. The number of rotatable bonds is 5. The van der Waals surface area contributed by atoms with Crippen molar-refractivity contribution in [1.82, 2.24) is 0 Å². The second kappa shape index (κ2) is 8.71. The molecule has 1 aromatic carbocycles. The van der Waals surface area contributed by atoms with Crippen LogP contribution in [0, 0.1) is 5.92 Å². The van der Waals surface area contributed by atoms with E-state index in [4.69, 9.17) is 9.47 Å². The molecule has 5 heteroatoms. The van der Waals surface area contributed by atoms with Crippen LogP contribution >= 0.6 is 0 Å². The highest BCUT2D eigenvalue weighted by molar-refractivity contribution is 6.15. The minimum Gasteiger partial charge on any atom is -0.419 e. The van der Waals surface area contributed by atoms with Gasteiger partial charge in [0.1, 0.15) is 5.57 Å². The monoisotopic (exact) mass is 367 g/mol. The average molecular weight is 367 g/mol. The second-order valence-electron chi connectivity index (χ2n) is 6.88. The summed E-state index contributed by atoms with van der Waals surface area (Å²) in [5.74, 6) is -1.64. The van der Waals surface area contributed by atoms with Crippen LogP contribution < -0.4 is 5.32 Å². The fourth-order valence-electron chi connectivity index (χ4n) is 3.37. The zero-order valence-corrected chi connectivity index (χ0v) is 15.5. The Hall–Kier alpha value is -2.82. The van der Waals surface area contributed by atoms with Crippen LogP contribution in [0.15, 0.2) is 66.4 Å². The SMILES string of the molecule is CCC1CCC2(CC1)OC(=O)C(=C/C=C/C=C/Nc1ccccc1)C(=O)O2. The number of esters is 2. The summed E-state index contributed by atoms with van der Waals surface area (Å²) in [5, 5.41) is 3.11. The van der Waals surface area contributed by atoms with E-state index < -0.39 is 17.7 Å². The Morgan fingerprint density at radius 3 is 2.33 bits per heavy atom. The molecule has 3 rings (SSSR count). The molecular weight excluding hydrogens is 342 g/mol. The van der Waals surface area contributed by atoms with Crippen molar-refractivity contribution in [3.05, 3.63) is 66.4 Å². The summed E-state index contributed by atoms with van der Waals surface area (Å²) in [7, 11) is 0. The lowest BCUT2D eigenvalue weighted by molar-refractivity contribution is -0.247. The highest BCUT2D eigenvalue weighted by Crippen LogP contribution is 2.40. The normalized spacial score (nSPS) is 25.7. The first-order chi connectivity index (χ1) is 13.1. The van der Waals surface area contributed by atoms with Gasteiger partial charge in [-0.3, -0.25) is 0 Å². The molecule has 0 radical (unpaired) electrons. The van der Waals surface area contributed by atoms with Crippen molar-refractivity contribution in [2.45, 2.75) is 44.8 Å². The average Bonchev–Trinajstić information content (AvgIpc) is 2.67. The van der Waals surface area contributed by atoms with Crippen molar-refractivity contribution >= 4 is 17.6 Å². The predicted octanol–water partition coefficient (Wildman–Crippen LogP) is 4.49. The molecule has 5 nitrogen and oxygen atoms in total. The van der Waals surface area contributed by atoms with E-state index in [0.29, 0.717) is 18.8 Å². The summed E-state index contributed by atoms with van der Waals surface area (Å²) < 4.78 is 11.0. The molecule has 1 N–H and O–H groups in total.